The van der Waals surface area contributed by atoms with Crippen molar-refractivity contribution in [2.24, 2.45) is 0 Å². The van der Waals surface area contributed by atoms with Crippen LogP contribution in [0.3, 0.4) is 0 Å². The normalized spacial score (nSPS) is 12.9. The highest BCUT2D eigenvalue weighted by Crippen LogP contribution is 2.17. The van der Waals surface area contributed by atoms with Gasteiger partial charge in [-0.15, -0.1) is 0 Å². The average Bonchev–Trinajstić information content (AvgIpc) is 3.49. The molecule has 0 radical (unpaired) electrons. The van der Waals surface area contributed by atoms with Crippen molar-refractivity contribution < 1.29 is 28.6 Å². The predicted molar refractivity (Wildman–Crippen MR) is 362 cm³/mol. The summed E-state index contributed by atoms with van der Waals surface area (Å²) in [7, 11) is 0. The second-order valence-electron chi connectivity index (χ2n) is 23.1. The minimum atomic E-state index is -0.783. The van der Waals surface area contributed by atoms with Gasteiger partial charge in [0.05, 0.1) is 0 Å². The maximum absolute atomic E-state index is 12.9. The van der Waals surface area contributed by atoms with Crippen LogP contribution in [0, 0.1) is 0 Å². The van der Waals surface area contributed by atoms with E-state index in [1.807, 2.05) is 0 Å². The molecule has 6 heteroatoms. The van der Waals surface area contributed by atoms with Gasteiger partial charge in [0.25, 0.3) is 0 Å². The molecule has 0 bridgehead atoms. The molecule has 0 fully saturated rings. The Morgan fingerprint density at radius 1 is 0.253 bits per heavy atom. The Morgan fingerprint density at radius 2 is 0.470 bits per heavy atom. The Morgan fingerprint density at radius 3 is 0.735 bits per heavy atom. The average molecular weight is 1150 g/mol. The van der Waals surface area contributed by atoms with Crippen LogP contribution in [-0.4, -0.2) is 37.2 Å². The van der Waals surface area contributed by atoms with Crippen LogP contribution in [0.1, 0.15) is 329 Å². The van der Waals surface area contributed by atoms with Gasteiger partial charge < -0.3 is 14.2 Å². The quantitative estimate of drug-likeness (QED) is 0.0261. The Hall–Kier alpha value is -4.19. The number of carbonyl (C=O) groups excluding carboxylic acids is 3. The molecular formula is C77H130O6. The fraction of sp³-hybridized carbons (Fsp3) is 0.701. The van der Waals surface area contributed by atoms with E-state index >= 15 is 0 Å². The zero-order chi connectivity index (χ0) is 59.9. The highest BCUT2D eigenvalue weighted by Gasteiger charge is 2.19. The minimum absolute atomic E-state index is 0.0830. The molecule has 0 N–H and O–H groups in total. The van der Waals surface area contributed by atoms with Crippen LogP contribution in [0.2, 0.25) is 0 Å². The molecule has 0 spiro atoms. The molecule has 83 heavy (non-hydrogen) atoms. The van der Waals surface area contributed by atoms with E-state index in [4.69, 9.17) is 14.2 Å². The molecule has 0 amide bonds. The van der Waals surface area contributed by atoms with Gasteiger partial charge in [-0.1, -0.05) is 316 Å². The fourth-order valence-electron chi connectivity index (χ4n) is 9.73. The van der Waals surface area contributed by atoms with Gasteiger partial charge in [0.15, 0.2) is 6.10 Å². The Kier molecular flexibility index (Phi) is 66.7. The van der Waals surface area contributed by atoms with Gasteiger partial charge >= 0.3 is 17.9 Å². The molecule has 0 aromatic carbocycles. The number of ether oxygens (including phenoxy) is 3. The second-order valence-corrected chi connectivity index (χ2v) is 23.1. The third kappa shape index (κ3) is 68.5. The lowest BCUT2D eigenvalue weighted by Gasteiger charge is -2.18. The van der Waals surface area contributed by atoms with E-state index in [0.29, 0.717) is 19.3 Å². The van der Waals surface area contributed by atoms with Gasteiger partial charge in [-0.05, 0) is 116 Å². The van der Waals surface area contributed by atoms with Crippen molar-refractivity contribution in [1.82, 2.24) is 0 Å². The van der Waals surface area contributed by atoms with Gasteiger partial charge in [-0.3, -0.25) is 14.4 Å². The molecule has 474 valence electrons. The highest BCUT2D eigenvalue weighted by atomic mass is 16.6. The third-order valence-electron chi connectivity index (χ3n) is 15.0. The molecule has 1 unspecified atom stereocenters. The summed E-state index contributed by atoms with van der Waals surface area (Å²) in [5.41, 5.74) is 0. The Balaban J connectivity index is 4.05. The van der Waals surface area contributed by atoms with Gasteiger partial charge in [0.2, 0.25) is 0 Å². The van der Waals surface area contributed by atoms with E-state index in [1.54, 1.807) is 0 Å². The first-order chi connectivity index (χ1) is 41.0. The summed E-state index contributed by atoms with van der Waals surface area (Å²) in [4.78, 5) is 38.0. The Labute approximate surface area is 513 Å². The standard InChI is InChI=1S/C77H130O6/c1-4-7-10-13-15-17-19-21-23-25-27-29-31-33-35-37-38-40-41-43-45-47-49-51-53-55-57-59-61-64-67-70-76(79)82-73-74(72-81-75(78)69-66-63-12-9-6-3)83-77(80)71-68-65-62-60-58-56-54-52-50-48-46-44-42-39-36-34-32-30-28-26-24-22-20-18-16-14-11-8-5-2/h7,10,15,17,20-23,26-29,33,35,38,40,43,45,49,51,74H,4-6,8-9,11-14,16,18-19,24-25,30-32,34,36-37,39,41-42,44,46-48,50,52-73H2,1-3H3/b10-7-,17-15-,22-20-,23-21-,28-26-,29-27-,35-33-,40-38-,45-43-,51-49-. The van der Waals surface area contributed by atoms with Crippen molar-refractivity contribution in [2.75, 3.05) is 13.2 Å². The third-order valence-corrected chi connectivity index (χ3v) is 15.0. The van der Waals surface area contributed by atoms with Crippen LogP contribution in [0.5, 0.6) is 0 Å². The largest absolute Gasteiger partial charge is 0.462 e. The number of carbonyl (C=O) groups is 3. The lowest BCUT2D eigenvalue weighted by Crippen LogP contribution is -2.30. The van der Waals surface area contributed by atoms with Gasteiger partial charge in [-0.25, -0.2) is 0 Å². The maximum atomic E-state index is 12.9. The lowest BCUT2D eigenvalue weighted by atomic mass is 10.0. The van der Waals surface area contributed by atoms with Gasteiger partial charge in [-0.2, -0.15) is 0 Å². The number of rotatable bonds is 63. The van der Waals surface area contributed by atoms with Crippen molar-refractivity contribution in [1.29, 1.82) is 0 Å². The maximum Gasteiger partial charge on any atom is 0.306 e. The van der Waals surface area contributed by atoms with Crippen molar-refractivity contribution in [3.8, 4) is 0 Å². The molecular weight excluding hydrogens is 1020 g/mol. The van der Waals surface area contributed by atoms with E-state index in [-0.39, 0.29) is 31.1 Å². The first kappa shape index (κ1) is 78.8. The van der Waals surface area contributed by atoms with E-state index in [9.17, 15) is 14.4 Å². The molecule has 0 saturated heterocycles. The zero-order valence-corrected chi connectivity index (χ0v) is 54.4. The topological polar surface area (TPSA) is 78.9 Å². The number of unbranched alkanes of at least 4 members (excludes halogenated alkanes) is 32. The number of hydrogen-bond donors (Lipinski definition) is 0. The zero-order valence-electron chi connectivity index (χ0n) is 54.4. The molecule has 0 heterocycles. The molecule has 0 aromatic rings. The van der Waals surface area contributed by atoms with Crippen molar-refractivity contribution in [2.45, 2.75) is 335 Å². The molecule has 0 aliphatic carbocycles. The first-order valence-electron chi connectivity index (χ1n) is 35.0. The molecule has 6 nitrogen and oxygen atoms in total. The molecule has 0 aromatic heterocycles. The van der Waals surface area contributed by atoms with Gasteiger partial charge in [0, 0.05) is 19.3 Å². The van der Waals surface area contributed by atoms with E-state index < -0.39 is 6.10 Å². The summed E-state index contributed by atoms with van der Waals surface area (Å²) < 4.78 is 16.8. The summed E-state index contributed by atoms with van der Waals surface area (Å²) >= 11 is 0. The van der Waals surface area contributed by atoms with Crippen LogP contribution < -0.4 is 0 Å². The summed E-state index contributed by atoms with van der Waals surface area (Å²) in [5.74, 6) is -0.904. The van der Waals surface area contributed by atoms with Crippen LogP contribution >= 0.6 is 0 Å². The smallest absolute Gasteiger partial charge is 0.306 e. The second kappa shape index (κ2) is 70.3. The molecule has 0 aliphatic heterocycles. The van der Waals surface area contributed by atoms with Crippen LogP contribution in [0.15, 0.2) is 122 Å². The van der Waals surface area contributed by atoms with Crippen molar-refractivity contribution in [3.63, 3.8) is 0 Å². The highest BCUT2D eigenvalue weighted by molar-refractivity contribution is 5.71. The van der Waals surface area contributed by atoms with Crippen LogP contribution in [0.4, 0.5) is 0 Å². The number of hydrogen-bond acceptors (Lipinski definition) is 6. The Bertz CT molecular complexity index is 1700. The minimum Gasteiger partial charge on any atom is -0.462 e. The fourth-order valence-corrected chi connectivity index (χ4v) is 9.73. The van der Waals surface area contributed by atoms with E-state index in [1.165, 1.54) is 154 Å². The monoisotopic (exact) mass is 1150 g/mol. The van der Waals surface area contributed by atoms with Crippen LogP contribution in [0.25, 0.3) is 0 Å². The van der Waals surface area contributed by atoms with E-state index in [2.05, 4.69) is 142 Å². The summed E-state index contributed by atoms with van der Waals surface area (Å²) in [5, 5.41) is 0. The summed E-state index contributed by atoms with van der Waals surface area (Å²) in [6.45, 7) is 6.44. The van der Waals surface area contributed by atoms with E-state index in [0.717, 1.165) is 135 Å². The SMILES string of the molecule is CC/C=C\C/C=C\C/C=C\C/C=C\C/C=C\C/C=C\C/C=C\C/C=C\CCCCCCCCC(=O)OCC(COC(=O)CCCCCCC)OC(=O)CCCCCCCCCCCCCCCCCCC/C=C\C/C=C\CCCCCCC. The molecule has 1 atom stereocenters. The summed E-state index contributed by atoms with van der Waals surface area (Å²) in [6.07, 6.45) is 98.5. The first-order valence-corrected chi connectivity index (χ1v) is 35.0. The van der Waals surface area contributed by atoms with Gasteiger partial charge in [0.1, 0.15) is 13.2 Å². The number of esters is 3. The molecule has 0 aliphatic rings. The van der Waals surface area contributed by atoms with Crippen molar-refractivity contribution >= 4 is 17.9 Å². The summed E-state index contributed by atoms with van der Waals surface area (Å²) in [6, 6.07) is 0. The van der Waals surface area contributed by atoms with Crippen molar-refractivity contribution in [3.05, 3.63) is 122 Å². The van der Waals surface area contributed by atoms with Crippen LogP contribution in [-0.2, 0) is 28.6 Å². The molecule has 0 rings (SSSR count). The number of allylic oxidation sites excluding steroid dienone is 20. The lowest BCUT2D eigenvalue weighted by molar-refractivity contribution is -0.167. The molecule has 0 saturated carbocycles. The predicted octanol–water partition coefficient (Wildman–Crippen LogP) is 24.3.